The second-order valence-corrected chi connectivity index (χ2v) is 8.91. The van der Waals surface area contributed by atoms with E-state index in [4.69, 9.17) is 4.74 Å². The summed E-state index contributed by atoms with van der Waals surface area (Å²) < 4.78 is 37.7. The number of esters is 1. The third-order valence-corrected chi connectivity index (χ3v) is 6.09. The van der Waals surface area contributed by atoms with Crippen LogP contribution < -0.4 is 0 Å². The van der Waals surface area contributed by atoms with Gasteiger partial charge in [-0.05, 0) is 18.8 Å². The van der Waals surface area contributed by atoms with E-state index in [1.165, 1.54) is 25.7 Å². The molecular formula is C20H40O5S. The summed E-state index contributed by atoms with van der Waals surface area (Å²) in [4.78, 5) is 12.2. The number of carbonyl (C=O) groups excluding carboxylic acids is 1. The molecular weight excluding hydrogens is 352 g/mol. The van der Waals surface area contributed by atoms with Crippen LogP contribution >= 0.6 is 0 Å². The normalized spacial score (nSPS) is 14.2. The maximum absolute atomic E-state index is 12.2. The highest BCUT2D eigenvalue weighted by Gasteiger charge is 2.32. The maximum Gasteiger partial charge on any atom is 0.326 e. The van der Waals surface area contributed by atoms with Gasteiger partial charge in [0, 0.05) is 0 Å². The van der Waals surface area contributed by atoms with Crippen LogP contribution in [-0.4, -0.2) is 30.8 Å². The number of unbranched alkanes of at least 4 members (excludes halogenated alkanes) is 8. The van der Waals surface area contributed by atoms with Crippen LogP contribution in [0.3, 0.4) is 0 Å². The Morgan fingerprint density at radius 1 is 0.846 bits per heavy atom. The van der Waals surface area contributed by atoms with Crippen LogP contribution in [-0.2, 0) is 19.6 Å². The van der Waals surface area contributed by atoms with Gasteiger partial charge in [0.2, 0.25) is 0 Å². The number of carbonyl (C=O) groups is 1. The maximum atomic E-state index is 12.2. The smallest absolute Gasteiger partial charge is 0.326 e. The third kappa shape index (κ3) is 12.7. The Morgan fingerprint density at radius 2 is 1.38 bits per heavy atom. The highest BCUT2D eigenvalue weighted by Crippen LogP contribution is 2.17. The van der Waals surface area contributed by atoms with Gasteiger partial charge >= 0.3 is 5.97 Å². The van der Waals surface area contributed by atoms with Crippen LogP contribution in [0.25, 0.3) is 0 Å². The van der Waals surface area contributed by atoms with Gasteiger partial charge in [0.15, 0.2) is 5.25 Å². The second-order valence-electron chi connectivity index (χ2n) is 7.31. The molecule has 0 fully saturated rings. The fraction of sp³-hybridized carbons (Fsp3) is 0.950. The van der Waals surface area contributed by atoms with Crippen LogP contribution in [0.2, 0.25) is 0 Å². The summed E-state index contributed by atoms with van der Waals surface area (Å²) in [6.07, 6.45) is 12.7. The molecule has 0 rings (SSSR count). The van der Waals surface area contributed by atoms with Gasteiger partial charge in [-0.2, -0.15) is 8.42 Å². The molecule has 0 radical (unpaired) electrons. The molecule has 0 aliphatic heterocycles. The number of hydrogen-bond acceptors (Lipinski definition) is 4. The molecule has 0 bridgehead atoms. The van der Waals surface area contributed by atoms with Gasteiger partial charge in [-0.25, -0.2) is 0 Å². The lowest BCUT2D eigenvalue weighted by Crippen LogP contribution is -2.32. The zero-order chi connectivity index (χ0) is 19.8. The molecule has 1 N–H and O–H groups in total. The molecule has 0 amide bonds. The van der Waals surface area contributed by atoms with E-state index in [9.17, 15) is 17.8 Å². The first-order chi connectivity index (χ1) is 12.4. The standard InChI is InChI=1S/C20H40O5S/c1-4-7-9-10-11-12-13-14-16-19(26(22,23)24)20(21)25-17-18(6-3)15-8-5-2/h18-19H,4-17H2,1-3H3,(H,22,23,24). The Hall–Kier alpha value is -0.620. The Balaban J connectivity index is 4.24. The van der Waals surface area contributed by atoms with E-state index in [0.717, 1.165) is 44.9 Å². The predicted octanol–water partition coefficient (Wildman–Crippen LogP) is 5.53. The summed E-state index contributed by atoms with van der Waals surface area (Å²) in [6, 6.07) is 0. The molecule has 0 saturated carbocycles. The van der Waals surface area contributed by atoms with Gasteiger partial charge in [0.1, 0.15) is 0 Å². The van der Waals surface area contributed by atoms with E-state index < -0.39 is 21.3 Å². The molecule has 0 aromatic carbocycles. The van der Waals surface area contributed by atoms with Gasteiger partial charge < -0.3 is 4.74 Å². The quantitative estimate of drug-likeness (QED) is 0.200. The average Bonchev–Trinajstić information content (AvgIpc) is 2.59. The van der Waals surface area contributed by atoms with Crippen LogP contribution in [0.5, 0.6) is 0 Å². The molecule has 0 heterocycles. The molecule has 26 heavy (non-hydrogen) atoms. The molecule has 0 aliphatic carbocycles. The van der Waals surface area contributed by atoms with Gasteiger partial charge in [-0.1, -0.05) is 91.4 Å². The average molecular weight is 393 g/mol. The van der Waals surface area contributed by atoms with Crippen LogP contribution in [0, 0.1) is 5.92 Å². The van der Waals surface area contributed by atoms with E-state index >= 15 is 0 Å². The van der Waals surface area contributed by atoms with Crippen molar-refractivity contribution in [2.24, 2.45) is 5.92 Å². The monoisotopic (exact) mass is 392 g/mol. The molecule has 0 spiro atoms. The molecule has 2 unspecified atom stereocenters. The van der Waals surface area contributed by atoms with Crippen LogP contribution in [0.1, 0.15) is 104 Å². The Morgan fingerprint density at radius 3 is 1.88 bits per heavy atom. The zero-order valence-corrected chi connectivity index (χ0v) is 17.9. The summed E-state index contributed by atoms with van der Waals surface area (Å²) in [7, 11) is -4.42. The van der Waals surface area contributed by atoms with E-state index in [0.29, 0.717) is 6.42 Å². The van der Waals surface area contributed by atoms with Crippen LogP contribution in [0.4, 0.5) is 0 Å². The van der Waals surface area contributed by atoms with Crippen molar-refractivity contribution in [2.75, 3.05) is 6.61 Å². The molecule has 156 valence electrons. The topological polar surface area (TPSA) is 80.7 Å². The third-order valence-electron chi connectivity index (χ3n) is 4.95. The molecule has 2 atom stereocenters. The molecule has 0 aromatic heterocycles. The van der Waals surface area contributed by atoms with Crippen molar-refractivity contribution >= 4 is 16.1 Å². The summed E-state index contributed by atoms with van der Waals surface area (Å²) in [5.41, 5.74) is 0. The molecule has 5 nitrogen and oxygen atoms in total. The fourth-order valence-corrected chi connectivity index (χ4v) is 3.82. The van der Waals surface area contributed by atoms with Crippen molar-refractivity contribution in [2.45, 2.75) is 109 Å². The first-order valence-electron chi connectivity index (χ1n) is 10.5. The summed E-state index contributed by atoms with van der Waals surface area (Å²) in [6.45, 7) is 6.56. The van der Waals surface area contributed by atoms with Gasteiger partial charge in [-0.3, -0.25) is 9.35 Å². The summed E-state index contributed by atoms with van der Waals surface area (Å²) in [5, 5.41) is -1.44. The number of hydrogen-bond donors (Lipinski definition) is 1. The van der Waals surface area contributed by atoms with Crippen molar-refractivity contribution in [3.05, 3.63) is 0 Å². The van der Waals surface area contributed by atoms with Crippen molar-refractivity contribution in [1.82, 2.24) is 0 Å². The molecule has 0 saturated heterocycles. The van der Waals surface area contributed by atoms with Gasteiger partial charge in [0.05, 0.1) is 6.61 Å². The SMILES string of the molecule is CCCCCCCCCCC(C(=O)OCC(CC)CCCC)S(=O)(=O)O. The highest BCUT2D eigenvalue weighted by molar-refractivity contribution is 7.87. The Labute approximate surface area is 161 Å². The summed E-state index contributed by atoms with van der Waals surface area (Å²) in [5.74, 6) is -0.547. The van der Waals surface area contributed by atoms with Gasteiger partial charge in [-0.15, -0.1) is 0 Å². The summed E-state index contributed by atoms with van der Waals surface area (Å²) >= 11 is 0. The van der Waals surface area contributed by atoms with E-state index in [-0.39, 0.29) is 18.9 Å². The largest absolute Gasteiger partial charge is 0.464 e. The second kappa shape index (κ2) is 15.4. The van der Waals surface area contributed by atoms with E-state index in [1.807, 2.05) is 6.92 Å². The lowest BCUT2D eigenvalue weighted by molar-refractivity contribution is -0.144. The Bertz CT molecular complexity index is 447. The lowest BCUT2D eigenvalue weighted by Gasteiger charge is -2.17. The van der Waals surface area contributed by atoms with Gasteiger partial charge in [0.25, 0.3) is 10.1 Å². The fourth-order valence-electron chi connectivity index (χ4n) is 3.04. The van der Waals surface area contributed by atoms with E-state index in [2.05, 4.69) is 13.8 Å². The highest BCUT2D eigenvalue weighted by atomic mass is 32.2. The van der Waals surface area contributed by atoms with E-state index in [1.54, 1.807) is 0 Å². The van der Waals surface area contributed by atoms with Crippen molar-refractivity contribution in [3.63, 3.8) is 0 Å². The zero-order valence-electron chi connectivity index (χ0n) is 17.0. The minimum Gasteiger partial charge on any atom is -0.464 e. The first kappa shape index (κ1) is 25.4. The lowest BCUT2D eigenvalue weighted by atomic mass is 10.0. The van der Waals surface area contributed by atoms with Crippen LogP contribution in [0.15, 0.2) is 0 Å². The van der Waals surface area contributed by atoms with Crippen molar-refractivity contribution in [1.29, 1.82) is 0 Å². The minimum absolute atomic E-state index is 0.137. The predicted molar refractivity (Wildman–Crippen MR) is 107 cm³/mol. The first-order valence-corrected chi connectivity index (χ1v) is 12.0. The molecule has 0 aliphatic rings. The number of rotatable bonds is 17. The molecule has 0 aromatic rings. The molecule has 6 heteroatoms. The number of ether oxygens (including phenoxy) is 1. The van der Waals surface area contributed by atoms with Crippen molar-refractivity contribution in [3.8, 4) is 0 Å². The van der Waals surface area contributed by atoms with Crippen molar-refractivity contribution < 1.29 is 22.5 Å². The minimum atomic E-state index is -4.42. The Kier molecular flexibility index (Phi) is 15.1.